The van der Waals surface area contributed by atoms with E-state index in [4.69, 9.17) is 18.6 Å². The van der Waals surface area contributed by atoms with Crippen molar-refractivity contribution in [3.05, 3.63) is 107 Å². The number of rotatable bonds is 8. The van der Waals surface area contributed by atoms with Crippen molar-refractivity contribution in [1.29, 1.82) is 0 Å². The number of aromatic nitrogens is 1. The van der Waals surface area contributed by atoms with Gasteiger partial charge in [0.05, 0.1) is 53.2 Å². The summed E-state index contributed by atoms with van der Waals surface area (Å²) in [7, 11) is 3.00. The molecule has 0 radical (unpaired) electrons. The van der Waals surface area contributed by atoms with Gasteiger partial charge in [0.25, 0.3) is 11.2 Å². The van der Waals surface area contributed by atoms with Gasteiger partial charge >= 0.3 is 5.97 Å². The first-order chi connectivity index (χ1) is 19.7. The van der Waals surface area contributed by atoms with Gasteiger partial charge in [0, 0.05) is 18.2 Å². The summed E-state index contributed by atoms with van der Waals surface area (Å²) in [6.45, 7) is 3.59. The Morgan fingerprint density at radius 2 is 1.98 bits per heavy atom. The van der Waals surface area contributed by atoms with Gasteiger partial charge in [-0.2, -0.15) is 0 Å². The van der Waals surface area contributed by atoms with Gasteiger partial charge in [-0.15, -0.1) is 0 Å². The Morgan fingerprint density at radius 3 is 2.68 bits per heavy atom. The Bertz CT molecular complexity index is 1880. The number of nitrogens with zero attached hydrogens (tertiary/aromatic N) is 3. The number of nitro groups is 1. The van der Waals surface area contributed by atoms with E-state index in [9.17, 15) is 19.7 Å². The number of nitro benzene ring substituents is 1. The molecule has 210 valence electrons. The van der Waals surface area contributed by atoms with Crippen LogP contribution in [0.25, 0.3) is 17.4 Å². The average molecular weight is 576 g/mol. The molecule has 5 rings (SSSR count). The molecule has 11 nitrogen and oxygen atoms in total. The number of ether oxygens (including phenoxy) is 3. The lowest BCUT2D eigenvalue weighted by atomic mass is 9.95. The molecule has 0 saturated carbocycles. The standard InChI is InChI=1S/C29H25N3O8S/c1-5-39-28(34)25-16(2)30-29-31(26(25)17-7-6-8-19(13-17)37-3)27(33)24(41-29)15-20-10-12-23(40-20)21-14-18(32(35)36)9-11-22(21)38-4/h6-15,26H,5H2,1-4H3/b24-15-/t26-/m0/s1. The molecular weight excluding hydrogens is 550 g/mol. The number of carbonyl (C=O) groups excluding carboxylic acids is 1. The molecule has 1 aliphatic rings. The second-order valence-corrected chi connectivity index (χ2v) is 9.93. The average Bonchev–Trinajstić information content (AvgIpc) is 3.56. The fourth-order valence-electron chi connectivity index (χ4n) is 4.62. The molecular formula is C29H25N3O8S. The third-order valence-electron chi connectivity index (χ3n) is 6.49. The molecule has 2 aromatic heterocycles. The minimum Gasteiger partial charge on any atom is -0.497 e. The third-order valence-corrected chi connectivity index (χ3v) is 7.47. The second-order valence-electron chi connectivity index (χ2n) is 8.92. The largest absolute Gasteiger partial charge is 0.497 e. The molecule has 0 spiro atoms. The summed E-state index contributed by atoms with van der Waals surface area (Å²) in [5, 5.41) is 11.3. The molecule has 2 aromatic carbocycles. The van der Waals surface area contributed by atoms with Gasteiger partial charge in [-0.1, -0.05) is 23.5 Å². The van der Waals surface area contributed by atoms with E-state index in [2.05, 4.69) is 4.99 Å². The highest BCUT2D eigenvalue weighted by atomic mass is 32.1. The van der Waals surface area contributed by atoms with E-state index in [1.165, 1.54) is 29.9 Å². The van der Waals surface area contributed by atoms with Crippen LogP contribution in [0.4, 0.5) is 5.69 Å². The van der Waals surface area contributed by atoms with E-state index < -0.39 is 16.9 Å². The van der Waals surface area contributed by atoms with E-state index >= 15 is 0 Å². The molecule has 0 aliphatic carbocycles. The van der Waals surface area contributed by atoms with Crippen molar-refractivity contribution in [2.75, 3.05) is 20.8 Å². The van der Waals surface area contributed by atoms with Crippen LogP contribution in [0.1, 0.15) is 31.2 Å². The molecule has 3 heterocycles. The van der Waals surface area contributed by atoms with Crippen molar-refractivity contribution in [2.24, 2.45) is 4.99 Å². The van der Waals surface area contributed by atoms with E-state index in [0.29, 0.717) is 49.2 Å². The van der Waals surface area contributed by atoms with Crippen LogP contribution in [0.5, 0.6) is 11.5 Å². The zero-order chi connectivity index (χ0) is 29.3. The summed E-state index contributed by atoms with van der Waals surface area (Å²) in [4.78, 5) is 42.7. The van der Waals surface area contributed by atoms with Crippen molar-refractivity contribution in [1.82, 2.24) is 4.57 Å². The highest BCUT2D eigenvalue weighted by molar-refractivity contribution is 7.07. The topological polar surface area (TPSA) is 135 Å². The lowest BCUT2D eigenvalue weighted by Gasteiger charge is -2.24. The Balaban J connectivity index is 1.64. The number of carbonyl (C=O) groups is 1. The quantitative estimate of drug-likeness (QED) is 0.175. The molecule has 0 fully saturated rings. The molecule has 0 amide bonds. The number of thiazole rings is 1. The summed E-state index contributed by atoms with van der Waals surface area (Å²) in [5.41, 5.74) is 1.28. The lowest BCUT2D eigenvalue weighted by molar-refractivity contribution is -0.384. The van der Waals surface area contributed by atoms with Crippen LogP contribution >= 0.6 is 11.3 Å². The highest BCUT2D eigenvalue weighted by Gasteiger charge is 2.33. The first kappa shape index (κ1) is 27.6. The maximum absolute atomic E-state index is 13.8. The van der Waals surface area contributed by atoms with Gasteiger partial charge in [-0.3, -0.25) is 19.5 Å². The fourth-order valence-corrected chi connectivity index (χ4v) is 5.65. The van der Waals surface area contributed by atoms with Crippen molar-refractivity contribution in [3.63, 3.8) is 0 Å². The van der Waals surface area contributed by atoms with Crippen molar-refractivity contribution in [3.8, 4) is 22.8 Å². The number of hydrogen-bond acceptors (Lipinski definition) is 10. The Labute approximate surface area is 237 Å². The Morgan fingerprint density at radius 1 is 1.17 bits per heavy atom. The van der Waals surface area contributed by atoms with E-state index in [1.54, 1.807) is 57.4 Å². The monoisotopic (exact) mass is 575 g/mol. The first-order valence-electron chi connectivity index (χ1n) is 12.5. The van der Waals surface area contributed by atoms with Crippen LogP contribution in [0.3, 0.4) is 0 Å². The molecule has 0 bridgehead atoms. The van der Waals surface area contributed by atoms with Gasteiger partial charge in [-0.25, -0.2) is 9.79 Å². The number of fused-ring (bicyclic) bond motifs is 1. The smallest absolute Gasteiger partial charge is 0.338 e. The predicted molar refractivity (Wildman–Crippen MR) is 151 cm³/mol. The van der Waals surface area contributed by atoms with Gasteiger partial charge < -0.3 is 18.6 Å². The maximum atomic E-state index is 13.8. The zero-order valence-electron chi connectivity index (χ0n) is 22.6. The summed E-state index contributed by atoms with van der Waals surface area (Å²) in [5.74, 6) is 1.09. The van der Waals surface area contributed by atoms with Crippen LogP contribution in [0, 0.1) is 10.1 Å². The molecule has 0 unspecified atom stereocenters. The van der Waals surface area contributed by atoms with Crippen LogP contribution in [0.2, 0.25) is 0 Å². The van der Waals surface area contributed by atoms with Gasteiger partial charge in [-0.05, 0) is 49.7 Å². The van der Waals surface area contributed by atoms with E-state index in [-0.39, 0.29) is 23.4 Å². The minimum atomic E-state index is -0.788. The Hall–Kier alpha value is -4.97. The normalized spacial score (nSPS) is 14.8. The number of furan rings is 1. The number of benzene rings is 2. The van der Waals surface area contributed by atoms with Crippen LogP contribution < -0.4 is 24.4 Å². The third kappa shape index (κ3) is 5.16. The Kier molecular flexibility index (Phi) is 7.58. The number of non-ortho nitro benzene ring substituents is 1. The van der Waals surface area contributed by atoms with E-state index in [1.807, 2.05) is 6.07 Å². The number of esters is 1. The minimum absolute atomic E-state index is 0.114. The summed E-state index contributed by atoms with van der Waals surface area (Å²) in [6, 6.07) is 13.9. The fraction of sp³-hybridized carbons (Fsp3) is 0.207. The first-order valence-corrected chi connectivity index (χ1v) is 13.3. The molecule has 12 heteroatoms. The second kappa shape index (κ2) is 11.3. The summed E-state index contributed by atoms with van der Waals surface area (Å²) in [6.07, 6.45) is 1.57. The van der Waals surface area contributed by atoms with E-state index in [0.717, 1.165) is 11.3 Å². The van der Waals surface area contributed by atoms with Crippen molar-refractivity contribution < 1.29 is 28.3 Å². The molecule has 0 saturated heterocycles. The number of hydrogen-bond donors (Lipinski definition) is 0. The van der Waals surface area contributed by atoms with Gasteiger partial charge in [0.1, 0.15) is 23.0 Å². The van der Waals surface area contributed by atoms with Crippen LogP contribution in [-0.2, 0) is 9.53 Å². The zero-order valence-corrected chi connectivity index (χ0v) is 23.4. The molecule has 1 aliphatic heterocycles. The molecule has 0 N–H and O–H groups in total. The van der Waals surface area contributed by atoms with Crippen LogP contribution in [-0.4, -0.2) is 36.3 Å². The SMILES string of the molecule is CCOC(=O)C1=C(C)N=c2s/c(=C\c3ccc(-c4cc([N+](=O)[O-])ccc4OC)o3)c(=O)n2[C@H]1c1cccc(OC)c1. The molecule has 4 aromatic rings. The number of methoxy groups -OCH3 is 2. The highest BCUT2D eigenvalue weighted by Crippen LogP contribution is 2.35. The number of allylic oxidation sites excluding steroid dienone is 1. The lowest BCUT2D eigenvalue weighted by Crippen LogP contribution is -2.39. The van der Waals surface area contributed by atoms with Crippen LogP contribution in [0.15, 0.2) is 80.1 Å². The summed E-state index contributed by atoms with van der Waals surface area (Å²) < 4.78 is 23.8. The molecule has 41 heavy (non-hydrogen) atoms. The van der Waals surface area contributed by atoms with Gasteiger partial charge in [0.15, 0.2) is 4.80 Å². The van der Waals surface area contributed by atoms with Crippen molar-refractivity contribution >= 4 is 29.1 Å². The van der Waals surface area contributed by atoms with Crippen molar-refractivity contribution in [2.45, 2.75) is 19.9 Å². The molecule has 1 atom stereocenters. The predicted octanol–water partition coefficient (Wildman–Crippen LogP) is 3.98. The van der Waals surface area contributed by atoms with Gasteiger partial charge in [0.2, 0.25) is 0 Å². The maximum Gasteiger partial charge on any atom is 0.338 e. The summed E-state index contributed by atoms with van der Waals surface area (Å²) >= 11 is 1.15.